The van der Waals surface area contributed by atoms with Gasteiger partial charge in [-0.25, -0.2) is 10.1 Å². The van der Waals surface area contributed by atoms with Crippen LogP contribution in [0.4, 0.5) is 16.8 Å². The van der Waals surface area contributed by atoms with Crippen molar-refractivity contribution in [1.29, 1.82) is 0 Å². The number of rotatable bonds is 5. The third-order valence-corrected chi connectivity index (χ3v) is 4.44. The zero-order valence-corrected chi connectivity index (χ0v) is 13.0. The molecule has 0 aliphatic rings. The first-order valence-corrected chi connectivity index (χ1v) is 7.97. The zero-order chi connectivity index (χ0) is 16.4. The van der Waals surface area contributed by atoms with Gasteiger partial charge in [0.25, 0.3) is 5.69 Å². The standard InChI is InChI=1S/C11H9N7O3S2/c12-9-15-11(17-16-9)22-4-8(19)14-10-13-6-3-5(18(20)21)1-2-7(6)23-10/h1-3H,4H2,(H,13,14,19)(H3,12,15,16,17). The van der Waals surface area contributed by atoms with Gasteiger partial charge in [-0.15, -0.1) is 5.10 Å². The summed E-state index contributed by atoms with van der Waals surface area (Å²) < 4.78 is 0.750. The second kappa shape index (κ2) is 6.18. The highest BCUT2D eigenvalue weighted by Crippen LogP contribution is 2.29. The molecule has 23 heavy (non-hydrogen) atoms. The van der Waals surface area contributed by atoms with Crippen LogP contribution < -0.4 is 11.1 Å². The van der Waals surface area contributed by atoms with Gasteiger partial charge in [-0.3, -0.25) is 14.9 Å². The number of nitrogens with zero attached hydrogens (tertiary/aromatic N) is 4. The average Bonchev–Trinajstić information content (AvgIpc) is 3.09. The molecular weight excluding hydrogens is 342 g/mol. The van der Waals surface area contributed by atoms with Crippen molar-refractivity contribution in [3.8, 4) is 0 Å². The van der Waals surface area contributed by atoms with Crippen molar-refractivity contribution in [3.05, 3.63) is 28.3 Å². The van der Waals surface area contributed by atoms with Crippen LogP contribution in [0.5, 0.6) is 0 Å². The Kier molecular flexibility index (Phi) is 4.08. The highest BCUT2D eigenvalue weighted by molar-refractivity contribution is 7.99. The van der Waals surface area contributed by atoms with Gasteiger partial charge in [0.1, 0.15) is 0 Å². The number of anilines is 2. The van der Waals surface area contributed by atoms with Crippen molar-refractivity contribution in [2.45, 2.75) is 5.16 Å². The molecule has 0 fully saturated rings. The number of thiazole rings is 1. The van der Waals surface area contributed by atoms with Gasteiger partial charge in [-0.1, -0.05) is 23.1 Å². The third-order valence-electron chi connectivity index (χ3n) is 2.64. The second-order valence-corrected chi connectivity index (χ2v) is 6.24. The lowest BCUT2D eigenvalue weighted by Crippen LogP contribution is -2.13. The van der Waals surface area contributed by atoms with E-state index in [0.29, 0.717) is 15.8 Å². The van der Waals surface area contributed by atoms with Crippen LogP contribution in [0.1, 0.15) is 0 Å². The maximum Gasteiger partial charge on any atom is 0.271 e. The summed E-state index contributed by atoms with van der Waals surface area (Å²) in [5.41, 5.74) is 5.81. The van der Waals surface area contributed by atoms with E-state index in [0.717, 1.165) is 16.5 Å². The van der Waals surface area contributed by atoms with Crippen molar-refractivity contribution in [2.75, 3.05) is 16.8 Å². The number of nitrogens with two attached hydrogens (primary N) is 1. The maximum absolute atomic E-state index is 11.9. The molecule has 0 aliphatic carbocycles. The molecule has 0 saturated carbocycles. The number of hydrogen-bond donors (Lipinski definition) is 3. The SMILES string of the molecule is Nc1nc(SCC(=O)Nc2nc3cc([N+](=O)[O-])ccc3s2)n[nH]1. The van der Waals surface area contributed by atoms with Crippen molar-refractivity contribution in [2.24, 2.45) is 0 Å². The number of amides is 1. The van der Waals surface area contributed by atoms with Crippen molar-refractivity contribution < 1.29 is 9.72 Å². The molecule has 10 nitrogen and oxygen atoms in total. The van der Waals surface area contributed by atoms with Gasteiger partial charge in [0.15, 0.2) is 5.13 Å². The van der Waals surface area contributed by atoms with Gasteiger partial charge < -0.3 is 11.1 Å². The molecule has 4 N–H and O–H groups in total. The molecule has 2 heterocycles. The van der Waals surface area contributed by atoms with E-state index < -0.39 is 4.92 Å². The number of hydrogen-bond acceptors (Lipinski definition) is 9. The Morgan fingerprint density at radius 2 is 2.30 bits per heavy atom. The smallest absolute Gasteiger partial charge is 0.271 e. The van der Waals surface area contributed by atoms with Gasteiger partial charge in [0, 0.05) is 12.1 Å². The number of nitrogens with one attached hydrogen (secondary N) is 2. The van der Waals surface area contributed by atoms with E-state index in [1.807, 2.05) is 0 Å². The first-order valence-electron chi connectivity index (χ1n) is 6.17. The lowest BCUT2D eigenvalue weighted by Gasteiger charge is -1.98. The minimum Gasteiger partial charge on any atom is -0.368 e. The van der Waals surface area contributed by atoms with Crippen LogP contribution >= 0.6 is 23.1 Å². The Balaban J connectivity index is 1.66. The van der Waals surface area contributed by atoms with Crippen LogP contribution in [0.2, 0.25) is 0 Å². The van der Waals surface area contributed by atoms with Gasteiger partial charge in [-0.2, -0.15) is 4.98 Å². The number of non-ortho nitro benzene ring substituents is 1. The Bertz CT molecular complexity index is 891. The first-order chi connectivity index (χ1) is 11.0. The van der Waals surface area contributed by atoms with Crippen LogP contribution in [0.3, 0.4) is 0 Å². The molecule has 3 rings (SSSR count). The van der Waals surface area contributed by atoms with Crippen molar-refractivity contribution in [3.63, 3.8) is 0 Å². The molecule has 118 valence electrons. The highest BCUT2D eigenvalue weighted by atomic mass is 32.2. The van der Waals surface area contributed by atoms with Crippen LogP contribution in [-0.4, -0.2) is 36.7 Å². The third kappa shape index (κ3) is 3.54. The molecule has 0 atom stereocenters. The largest absolute Gasteiger partial charge is 0.368 e. The zero-order valence-electron chi connectivity index (χ0n) is 11.3. The Morgan fingerprint density at radius 1 is 1.48 bits per heavy atom. The van der Waals surface area contributed by atoms with Crippen LogP contribution in [0.25, 0.3) is 10.2 Å². The number of benzene rings is 1. The Morgan fingerprint density at radius 3 is 3.00 bits per heavy atom. The van der Waals surface area contributed by atoms with Crippen molar-refractivity contribution in [1.82, 2.24) is 20.2 Å². The molecule has 2 aromatic heterocycles. The predicted octanol–water partition coefficient (Wildman–Crippen LogP) is 1.64. The summed E-state index contributed by atoms with van der Waals surface area (Å²) in [5.74, 6) is -0.0134. The molecule has 1 aromatic carbocycles. The molecule has 1 amide bonds. The first kappa shape index (κ1) is 15.2. The number of H-pyrrole nitrogens is 1. The normalized spacial score (nSPS) is 10.8. The molecule has 0 saturated heterocycles. The van der Waals surface area contributed by atoms with E-state index in [1.54, 1.807) is 6.07 Å². The molecule has 0 radical (unpaired) electrons. The summed E-state index contributed by atoms with van der Waals surface area (Å²) in [5, 5.41) is 20.4. The Hall–Kier alpha value is -2.73. The number of aromatic amines is 1. The minimum atomic E-state index is -0.490. The number of thioether (sulfide) groups is 1. The van der Waals surface area contributed by atoms with Crippen molar-refractivity contribution >= 4 is 56.0 Å². The van der Waals surface area contributed by atoms with E-state index in [4.69, 9.17) is 5.73 Å². The Labute approximate surface area is 136 Å². The fourth-order valence-electron chi connectivity index (χ4n) is 1.69. The molecule has 0 unspecified atom stereocenters. The number of nitrogen functional groups attached to an aromatic ring is 1. The number of carbonyl (C=O) groups excluding carboxylic acids is 1. The molecule has 0 bridgehead atoms. The molecule has 0 spiro atoms. The summed E-state index contributed by atoms with van der Waals surface area (Å²) in [6.45, 7) is 0. The van der Waals surface area contributed by atoms with Gasteiger partial charge in [-0.05, 0) is 6.07 Å². The summed E-state index contributed by atoms with van der Waals surface area (Å²) in [4.78, 5) is 30.2. The minimum absolute atomic E-state index is 0.0431. The summed E-state index contributed by atoms with van der Waals surface area (Å²) in [7, 11) is 0. The number of aromatic nitrogens is 4. The highest BCUT2D eigenvalue weighted by Gasteiger charge is 2.13. The van der Waals surface area contributed by atoms with E-state index in [-0.39, 0.29) is 23.3 Å². The fourth-order valence-corrected chi connectivity index (χ4v) is 3.16. The number of nitro groups is 1. The molecule has 0 aliphatic heterocycles. The molecule has 12 heteroatoms. The summed E-state index contributed by atoms with van der Waals surface area (Å²) in [6.07, 6.45) is 0. The topological polar surface area (TPSA) is 153 Å². The van der Waals surface area contributed by atoms with Gasteiger partial charge in [0.05, 0.1) is 20.9 Å². The van der Waals surface area contributed by atoms with Crippen LogP contribution in [-0.2, 0) is 4.79 Å². The summed E-state index contributed by atoms with van der Waals surface area (Å²) in [6, 6.07) is 4.37. The van der Waals surface area contributed by atoms with Crippen LogP contribution in [0, 0.1) is 10.1 Å². The number of nitro benzene ring substituents is 1. The second-order valence-electron chi connectivity index (χ2n) is 4.27. The quantitative estimate of drug-likeness (QED) is 0.356. The molecular formula is C11H9N7O3S2. The van der Waals surface area contributed by atoms with E-state index in [1.165, 1.54) is 23.5 Å². The average molecular weight is 351 g/mol. The van der Waals surface area contributed by atoms with E-state index in [2.05, 4.69) is 25.5 Å². The number of carbonyl (C=O) groups is 1. The lowest BCUT2D eigenvalue weighted by molar-refractivity contribution is -0.384. The lowest BCUT2D eigenvalue weighted by atomic mass is 10.3. The fraction of sp³-hybridized carbons (Fsp3) is 0.0909. The molecule has 3 aromatic rings. The number of fused-ring (bicyclic) bond motifs is 1. The maximum atomic E-state index is 11.9. The van der Waals surface area contributed by atoms with E-state index >= 15 is 0 Å². The van der Waals surface area contributed by atoms with Crippen LogP contribution in [0.15, 0.2) is 23.4 Å². The summed E-state index contributed by atoms with van der Waals surface area (Å²) >= 11 is 2.36. The monoisotopic (exact) mass is 351 g/mol. The van der Waals surface area contributed by atoms with Gasteiger partial charge in [0.2, 0.25) is 17.0 Å². The predicted molar refractivity (Wildman–Crippen MR) is 86.4 cm³/mol. The van der Waals surface area contributed by atoms with Gasteiger partial charge >= 0.3 is 0 Å². The van der Waals surface area contributed by atoms with E-state index in [9.17, 15) is 14.9 Å².